The van der Waals surface area contributed by atoms with Gasteiger partial charge in [0.1, 0.15) is 8.83 Å². The fraction of sp³-hybridized carbons (Fsp3) is 0.529. The molecule has 0 aliphatic heterocycles. The van der Waals surface area contributed by atoms with E-state index >= 15 is 0 Å². The predicted octanol–water partition coefficient (Wildman–Crippen LogP) is 5.51. The molecule has 0 unspecified atom stereocenters. The molecule has 0 bridgehead atoms. The van der Waals surface area contributed by atoms with Crippen LogP contribution in [0.4, 0.5) is 0 Å². The molecular weight excluding hydrogens is 324 g/mol. The molecule has 21 heavy (non-hydrogen) atoms. The summed E-state index contributed by atoms with van der Waals surface area (Å²) >= 11 is 6.77. The molecule has 2 aliphatic rings. The Morgan fingerprint density at radius 1 is 0.714 bits per heavy atom. The molecule has 2 aliphatic carbocycles. The summed E-state index contributed by atoms with van der Waals surface area (Å²) in [5.41, 5.74) is 0.593. The topological polar surface area (TPSA) is 0 Å². The van der Waals surface area contributed by atoms with Crippen molar-refractivity contribution < 1.29 is 0 Å². The highest BCUT2D eigenvalue weighted by Gasteiger charge is 2.57. The third-order valence-corrected chi connectivity index (χ3v) is 15.6. The fourth-order valence-corrected chi connectivity index (χ4v) is 16.9. The van der Waals surface area contributed by atoms with E-state index in [4.69, 9.17) is 11.1 Å². The summed E-state index contributed by atoms with van der Waals surface area (Å²) in [4.78, 5) is 0. The molecule has 2 rings (SSSR count). The largest absolute Gasteiger partial charge is 0.176 e. The summed E-state index contributed by atoms with van der Waals surface area (Å²) < 4.78 is 0. The minimum atomic E-state index is -1.42. The number of hydrogen-bond acceptors (Lipinski definition) is 0. The molecule has 116 valence electrons. The van der Waals surface area contributed by atoms with Gasteiger partial charge in [0, 0.05) is 10.1 Å². The Kier molecular flexibility index (Phi) is 4.53. The Hall–Kier alpha value is -0.0994. The average Bonchev–Trinajstić information content (AvgIpc) is 2.97. The highest BCUT2D eigenvalue weighted by atomic mass is 35.6. The second kappa shape index (κ2) is 5.52. The molecular formula is C17H29ClSi3. The molecule has 0 spiro atoms. The summed E-state index contributed by atoms with van der Waals surface area (Å²) in [7, 11) is -3.51. The zero-order valence-corrected chi connectivity index (χ0v) is 18.5. The van der Waals surface area contributed by atoms with Crippen molar-refractivity contribution in [2.75, 3.05) is 0 Å². The summed E-state index contributed by atoms with van der Waals surface area (Å²) in [6.45, 7) is 15.0. The number of allylic oxidation sites excluding steroid dienone is 8. The lowest BCUT2D eigenvalue weighted by molar-refractivity contribution is 0.626. The van der Waals surface area contributed by atoms with E-state index in [-0.39, 0.29) is 10.1 Å². The molecule has 0 radical (unpaired) electrons. The smallest absolute Gasteiger partial charge is 0.130 e. The first kappa shape index (κ1) is 17.3. The van der Waals surface area contributed by atoms with E-state index < -0.39 is 25.0 Å². The molecule has 4 heteroatoms. The minimum Gasteiger partial charge on any atom is -0.176 e. The Morgan fingerprint density at radius 3 is 1.19 bits per heavy atom. The van der Waals surface area contributed by atoms with Crippen LogP contribution in [0.2, 0.25) is 54.9 Å². The van der Waals surface area contributed by atoms with Crippen LogP contribution in [0, 0.1) is 0 Å². The van der Waals surface area contributed by atoms with Crippen LogP contribution in [-0.4, -0.2) is 25.0 Å². The van der Waals surface area contributed by atoms with Gasteiger partial charge in [-0.25, -0.2) is 0 Å². The third-order valence-electron chi connectivity index (χ3n) is 5.62. The van der Waals surface area contributed by atoms with Crippen LogP contribution in [0.15, 0.2) is 48.6 Å². The maximum absolute atomic E-state index is 6.77. The second-order valence-electron chi connectivity index (χ2n) is 8.51. The highest BCUT2D eigenvalue weighted by molar-refractivity contribution is 6.98. The Morgan fingerprint density at radius 2 is 1.00 bits per heavy atom. The van der Waals surface area contributed by atoms with Crippen molar-refractivity contribution in [3.05, 3.63) is 48.6 Å². The van der Waals surface area contributed by atoms with Gasteiger partial charge in [0.15, 0.2) is 0 Å². The van der Waals surface area contributed by atoms with E-state index in [0.717, 1.165) is 0 Å². The standard InChI is InChI=1S/C17H29ClSi3/c1-20(2,3)16(11-7-8-12-16)15(19-18)17(21(4,5)6)13-9-10-14-17/h7-15H,19H2,1-6H3. The van der Waals surface area contributed by atoms with Gasteiger partial charge in [-0.2, -0.15) is 11.1 Å². The molecule has 0 atom stereocenters. The van der Waals surface area contributed by atoms with Crippen molar-refractivity contribution in [1.82, 2.24) is 0 Å². The molecule has 0 fully saturated rings. The molecule has 0 aromatic rings. The molecule has 0 amide bonds. The van der Waals surface area contributed by atoms with Crippen LogP contribution < -0.4 is 0 Å². The third kappa shape index (κ3) is 2.56. The maximum Gasteiger partial charge on any atom is 0.130 e. The van der Waals surface area contributed by atoms with Crippen molar-refractivity contribution in [1.29, 1.82) is 0 Å². The van der Waals surface area contributed by atoms with Crippen LogP contribution in [0.1, 0.15) is 0 Å². The van der Waals surface area contributed by atoms with Crippen molar-refractivity contribution in [3.63, 3.8) is 0 Å². The lowest BCUT2D eigenvalue weighted by Crippen LogP contribution is -2.50. The molecule has 0 aromatic heterocycles. The molecule has 0 nitrogen and oxygen atoms in total. The van der Waals surface area contributed by atoms with Crippen molar-refractivity contribution in [2.45, 2.75) is 54.9 Å². The zero-order valence-electron chi connectivity index (χ0n) is 14.3. The zero-order chi connectivity index (χ0) is 15.9. The fourth-order valence-electron chi connectivity index (χ4n) is 4.13. The van der Waals surface area contributed by atoms with Crippen molar-refractivity contribution in [3.8, 4) is 0 Å². The second-order valence-corrected chi connectivity index (χ2v) is 21.3. The number of hydrogen-bond donors (Lipinski definition) is 0. The molecule has 0 saturated heterocycles. The lowest BCUT2D eigenvalue weighted by atomic mass is 9.93. The first-order valence-corrected chi connectivity index (χ1v) is 17.9. The van der Waals surface area contributed by atoms with Gasteiger partial charge in [0.25, 0.3) is 0 Å². The van der Waals surface area contributed by atoms with Crippen molar-refractivity contribution in [2.24, 2.45) is 0 Å². The molecule has 0 saturated carbocycles. The monoisotopic (exact) mass is 352 g/mol. The van der Waals surface area contributed by atoms with Gasteiger partial charge in [-0.15, -0.1) is 0 Å². The van der Waals surface area contributed by atoms with Gasteiger partial charge in [-0.3, -0.25) is 0 Å². The lowest BCUT2D eigenvalue weighted by Gasteiger charge is -2.54. The van der Waals surface area contributed by atoms with Gasteiger partial charge in [-0.05, 0) is 5.54 Å². The van der Waals surface area contributed by atoms with Gasteiger partial charge in [0.2, 0.25) is 0 Å². The van der Waals surface area contributed by atoms with Gasteiger partial charge in [0.05, 0.1) is 16.1 Å². The van der Waals surface area contributed by atoms with Gasteiger partial charge < -0.3 is 0 Å². The Labute approximate surface area is 139 Å². The number of halogens is 1. The summed E-state index contributed by atoms with van der Waals surface area (Å²) in [6, 6.07) is 0. The quantitative estimate of drug-likeness (QED) is 0.452. The van der Waals surface area contributed by atoms with E-state index in [0.29, 0.717) is 5.54 Å². The maximum atomic E-state index is 6.77. The van der Waals surface area contributed by atoms with Gasteiger partial charge >= 0.3 is 0 Å². The minimum absolute atomic E-state index is 0.222. The van der Waals surface area contributed by atoms with Crippen LogP contribution in [0.3, 0.4) is 0 Å². The van der Waals surface area contributed by atoms with Crippen LogP contribution >= 0.6 is 11.1 Å². The SMILES string of the molecule is C[Si](C)(C)C1(C([SiH2]Cl)C2([Si](C)(C)C)C=CC=C2)C=CC=C1. The Bertz CT molecular complexity index is 445. The van der Waals surface area contributed by atoms with E-state index in [9.17, 15) is 0 Å². The molecule has 0 N–H and O–H groups in total. The van der Waals surface area contributed by atoms with Gasteiger partial charge in [-0.1, -0.05) is 87.9 Å². The summed E-state index contributed by atoms with van der Waals surface area (Å²) in [5, 5.41) is 0.445. The predicted molar refractivity (Wildman–Crippen MR) is 107 cm³/mol. The van der Waals surface area contributed by atoms with Crippen LogP contribution in [-0.2, 0) is 0 Å². The highest BCUT2D eigenvalue weighted by Crippen LogP contribution is 2.67. The van der Waals surface area contributed by atoms with E-state index in [1.807, 2.05) is 0 Å². The van der Waals surface area contributed by atoms with E-state index in [1.165, 1.54) is 0 Å². The Balaban J connectivity index is 2.63. The van der Waals surface area contributed by atoms with E-state index in [1.54, 1.807) is 0 Å². The summed E-state index contributed by atoms with van der Waals surface area (Å²) in [5.74, 6) is 0. The normalized spacial score (nSPS) is 23.2. The average molecular weight is 353 g/mol. The number of rotatable bonds is 5. The first-order chi connectivity index (χ1) is 9.61. The van der Waals surface area contributed by atoms with Crippen molar-refractivity contribution >= 4 is 36.1 Å². The van der Waals surface area contributed by atoms with Crippen LogP contribution in [0.25, 0.3) is 0 Å². The molecule has 0 heterocycles. The van der Waals surface area contributed by atoms with Crippen LogP contribution in [0.5, 0.6) is 0 Å². The summed E-state index contributed by atoms with van der Waals surface area (Å²) in [6.07, 6.45) is 19.0. The van der Waals surface area contributed by atoms with E-state index in [2.05, 4.69) is 87.9 Å². The first-order valence-electron chi connectivity index (χ1n) is 7.91. The molecule has 0 aromatic carbocycles.